The average Bonchev–Trinajstić information content (AvgIpc) is 3.18. The molecule has 1 aliphatic rings. The van der Waals surface area contributed by atoms with Crippen LogP contribution in [0.5, 0.6) is 0 Å². The molecule has 0 spiro atoms. The van der Waals surface area contributed by atoms with Gasteiger partial charge in [-0.2, -0.15) is 0 Å². The lowest BCUT2D eigenvalue weighted by Crippen LogP contribution is -2.44. The van der Waals surface area contributed by atoms with Gasteiger partial charge in [0.2, 0.25) is 5.91 Å². The molecule has 3 nitrogen and oxygen atoms in total. The van der Waals surface area contributed by atoms with Gasteiger partial charge >= 0.3 is 0 Å². The van der Waals surface area contributed by atoms with Crippen LogP contribution in [-0.2, 0) is 17.8 Å². The average molecular weight is 449 g/mol. The van der Waals surface area contributed by atoms with Crippen molar-refractivity contribution in [2.75, 3.05) is 13.1 Å². The summed E-state index contributed by atoms with van der Waals surface area (Å²) in [5.74, 6) is -0.271. The number of rotatable bonds is 5. The van der Waals surface area contributed by atoms with Gasteiger partial charge in [0.1, 0.15) is 5.82 Å². The highest BCUT2D eigenvalue weighted by Gasteiger charge is 2.33. The Bertz CT molecular complexity index is 1020. The van der Waals surface area contributed by atoms with Gasteiger partial charge in [-0.15, -0.1) is 11.3 Å². The van der Waals surface area contributed by atoms with E-state index in [0.29, 0.717) is 23.1 Å². The van der Waals surface area contributed by atoms with Crippen molar-refractivity contribution < 1.29 is 9.18 Å². The van der Waals surface area contributed by atoms with Gasteiger partial charge in [-0.05, 0) is 58.8 Å². The molecule has 7 heteroatoms. The molecule has 0 radical (unpaired) electrons. The third kappa shape index (κ3) is 4.48. The van der Waals surface area contributed by atoms with E-state index in [9.17, 15) is 9.18 Å². The quantitative estimate of drug-likeness (QED) is 0.561. The van der Waals surface area contributed by atoms with Crippen LogP contribution in [0.2, 0.25) is 10.0 Å². The first kappa shape index (κ1) is 20.4. The molecule has 1 atom stereocenters. The monoisotopic (exact) mass is 448 g/mol. The van der Waals surface area contributed by atoms with Crippen molar-refractivity contribution in [2.45, 2.75) is 19.0 Å². The Labute approximate surface area is 183 Å². The van der Waals surface area contributed by atoms with Crippen molar-refractivity contribution in [3.63, 3.8) is 0 Å². The molecule has 0 aliphatic carbocycles. The van der Waals surface area contributed by atoms with Gasteiger partial charge in [-0.3, -0.25) is 4.79 Å². The highest BCUT2D eigenvalue weighted by atomic mass is 35.5. The maximum Gasteiger partial charge on any atom is 0.237 e. The van der Waals surface area contributed by atoms with Gasteiger partial charge in [-0.1, -0.05) is 41.4 Å². The molecule has 0 bridgehead atoms. The first-order valence-electron chi connectivity index (χ1n) is 9.29. The molecule has 150 valence electrons. The number of halogens is 3. The fourth-order valence-corrected chi connectivity index (χ4v) is 5.08. The van der Waals surface area contributed by atoms with E-state index in [2.05, 4.69) is 16.8 Å². The molecule has 1 N–H and O–H groups in total. The molecule has 1 amide bonds. The summed E-state index contributed by atoms with van der Waals surface area (Å²) in [5, 5.41) is 6.35. The second-order valence-electron chi connectivity index (χ2n) is 6.93. The van der Waals surface area contributed by atoms with Gasteiger partial charge in [-0.25, -0.2) is 4.39 Å². The number of amides is 1. The summed E-state index contributed by atoms with van der Waals surface area (Å²) in [5.41, 5.74) is 2.93. The highest BCUT2D eigenvalue weighted by molar-refractivity contribution is 7.10. The van der Waals surface area contributed by atoms with E-state index in [1.807, 2.05) is 11.0 Å². The minimum Gasteiger partial charge on any atom is -0.330 e. The van der Waals surface area contributed by atoms with Crippen LogP contribution < -0.4 is 5.32 Å². The van der Waals surface area contributed by atoms with Crippen LogP contribution in [0, 0.1) is 5.82 Å². The van der Waals surface area contributed by atoms with E-state index in [0.717, 1.165) is 23.1 Å². The number of thiophene rings is 1. The van der Waals surface area contributed by atoms with Gasteiger partial charge in [0.15, 0.2) is 0 Å². The first-order valence-corrected chi connectivity index (χ1v) is 10.9. The molecule has 1 aliphatic heterocycles. The number of carbonyl (C=O) groups is 1. The minimum absolute atomic E-state index is 0.0000201. The topological polar surface area (TPSA) is 32.3 Å². The van der Waals surface area contributed by atoms with Crippen LogP contribution in [0.15, 0.2) is 53.9 Å². The summed E-state index contributed by atoms with van der Waals surface area (Å²) in [4.78, 5) is 16.2. The molecular weight excluding hydrogens is 430 g/mol. The summed E-state index contributed by atoms with van der Waals surface area (Å²) in [6.45, 7) is 1.32. The number of fused-ring (bicyclic) bond motifs is 1. The lowest BCUT2D eigenvalue weighted by atomic mass is 9.93. The Hall–Kier alpha value is -1.92. The minimum atomic E-state index is -0.271. The maximum atomic E-state index is 13.1. The van der Waals surface area contributed by atoms with E-state index >= 15 is 0 Å². The third-order valence-corrected chi connectivity index (χ3v) is 6.62. The number of benzene rings is 2. The van der Waals surface area contributed by atoms with Gasteiger partial charge in [0.25, 0.3) is 0 Å². The molecule has 0 saturated carbocycles. The van der Waals surface area contributed by atoms with Crippen LogP contribution in [-0.4, -0.2) is 23.9 Å². The fourth-order valence-electron chi connectivity index (χ4n) is 3.66. The van der Waals surface area contributed by atoms with Crippen molar-refractivity contribution in [2.24, 2.45) is 0 Å². The number of nitrogens with zero attached hydrogens (tertiary/aromatic N) is 1. The molecule has 2 aromatic carbocycles. The Morgan fingerprint density at radius 2 is 1.93 bits per heavy atom. The lowest BCUT2D eigenvalue weighted by Gasteiger charge is -2.37. The van der Waals surface area contributed by atoms with Crippen molar-refractivity contribution >= 4 is 40.4 Å². The molecular formula is C22H19Cl2FN2OS. The molecule has 4 rings (SSSR count). The Kier molecular flexibility index (Phi) is 6.20. The predicted octanol–water partition coefficient (Wildman–Crippen LogP) is 5.46. The molecule has 0 saturated heterocycles. The molecule has 1 aromatic heterocycles. The van der Waals surface area contributed by atoms with Crippen molar-refractivity contribution in [1.29, 1.82) is 0 Å². The normalized spacial score (nSPS) is 16.0. The predicted molar refractivity (Wildman–Crippen MR) is 116 cm³/mol. The first-order chi connectivity index (χ1) is 14.0. The zero-order valence-electron chi connectivity index (χ0n) is 15.5. The molecule has 0 fully saturated rings. The van der Waals surface area contributed by atoms with Gasteiger partial charge < -0.3 is 10.2 Å². The van der Waals surface area contributed by atoms with Crippen LogP contribution in [0.3, 0.4) is 0 Å². The van der Waals surface area contributed by atoms with E-state index in [1.54, 1.807) is 35.6 Å². The van der Waals surface area contributed by atoms with E-state index in [1.165, 1.54) is 17.0 Å². The van der Waals surface area contributed by atoms with Crippen molar-refractivity contribution in [3.8, 4) is 0 Å². The number of carbonyl (C=O) groups excluding carboxylic acids is 1. The van der Waals surface area contributed by atoms with Crippen LogP contribution >= 0.6 is 34.5 Å². The summed E-state index contributed by atoms with van der Waals surface area (Å²) >= 11 is 14.3. The smallest absolute Gasteiger partial charge is 0.237 e. The van der Waals surface area contributed by atoms with Crippen LogP contribution in [0.4, 0.5) is 4.39 Å². The van der Waals surface area contributed by atoms with Crippen LogP contribution in [0.25, 0.3) is 0 Å². The molecule has 29 heavy (non-hydrogen) atoms. The largest absolute Gasteiger partial charge is 0.330 e. The van der Waals surface area contributed by atoms with E-state index in [-0.39, 0.29) is 24.3 Å². The molecule has 3 aromatic rings. The van der Waals surface area contributed by atoms with E-state index < -0.39 is 0 Å². The SMILES string of the molecule is O=C(CNCc1ccc(F)cc1)N1CCc2sccc2C1c1ccc(Cl)cc1Cl. The van der Waals surface area contributed by atoms with Gasteiger partial charge in [0, 0.05) is 28.0 Å². The summed E-state index contributed by atoms with van der Waals surface area (Å²) in [6.07, 6.45) is 0.832. The molecule has 1 unspecified atom stereocenters. The number of hydrogen-bond acceptors (Lipinski definition) is 3. The van der Waals surface area contributed by atoms with Crippen molar-refractivity contribution in [3.05, 3.63) is 91.3 Å². The fraction of sp³-hybridized carbons (Fsp3) is 0.227. The van der Waals surface area contributed by atoms with E-state index in [4.69, 9.17) is 23.2 Å². The Balaban J connectivity index is 1.53. The third-order valence-electron chi connectivity index (χ3n) is 5.06. The summed E-state index contributed by atoms with van der Waals surface area (Å²) in [6, 6.07) is 13.5. The maximum absolute atomic E-state index is 13.1. The highest BCUT2D eigenvalue weighted by Crippen LogP contribution is 2.40. The van der Waals surface area contributed by atoms with Crippen molar-refractivity contribution in [1.82, 2.24) is 10.2 Å². The summed E-state index contributed by atoms with van der Waals surface area (Å²) in [7, 11) is 0. The standard InChI is InChI=1S/C22H19Cl2FN2OS/c23-15-3-6-17(19(24)11-15)22-18-8-10-29-20(18)7-9-27(22)21(28)13-26-12-14-1-4-16(25)5-2-14/h1-6,8,10-11,22,26H,7,9,12-13H2. The Morgan fingerprint density at radius 1 is 1.14 bits per heavy atom. The zero-order valence-corrected chi connectivity index (χ0v) is 17.8. The molecule has 2 heterocycles. The lowest BCUT2D eigenvalue weighted by molar-refractivity contribution is -0.132. The number of hydrogen-bond donors (Lipinski definition) is 1. The van der Waals surface area contributed by atoms with Gasteiger partial charge in [0.05, 0.1) is 12.6 Å². The second-order valence-corrected chi connectivity index (χ2v) is 8.78. The zero-order chi connectivity index (χ0) is 20.4. The van der Waals surface area contributed by atoms with Crippen LogP contribution in [0.1, 0.15) is 27.6 Å². The number of nitrogens with one attached hydrogen (secondary N) is 1. The summed E-state index contributed by atoms with van der Waals surface area (Å²) < 4.78 is 13.0. The second kappa shape index (κ2) is 8.84. The Morgan fingerprint density at radius 3 is 2.69 bits per heavy atom.